The van der Waals surface area contributed by atoms with Crippen LogP contribution in [-0.2, 0) is 21.2 Å². The summed E-state index contributed by atoms with van der Waals surface area (Å²) in [6.45, 7) is 0. The molecule has 23 heavy (non-hydrogen) atoms. The summed E-state index contributed by atoms with van der Waals surface area (Å²) in [5, 5.41) is 3.69. The van der Waals surface area contributed by atoms with Gasteiger partial charge in [-0.3, -0.25) is 9.52 Å². The summed E-state index contributed by atoms with van der Waals surface area (Å²) < 4.78 is 27.6. The number of benzene rings is 2. The molecule has 0 saturated heterocycles. The van der Waals surface area contributed by atoms with Crippen LogP contribution in [0.4, 0.5) is 11.4 Å². The van der Waals surface area contributed by atoms with Crippen LogP contribution in [-0.4, -0.2) is 19.3 Å². The molecule has 116 valence electrons. The predicted octanol–water partition coefficient (Wildman–Crippen LogP) is 2.46. The van der Waals surface area contributed by atoms with E-state index in [1.165, 1.54) is 12.1 Å². The maximum atomic E-state index is 12.5. The Hall–Kier alpha value is -2.80. The summed E-state index contributed by atoms with van der Waals surface area (Å²) >= 11 is 0. The van der Waals surface area contributed by atoms with E-state index in [2.05, 4.69) is 15.0 Å². The molecule has 0 radical (unpaired) electrons. The number of carbonyl (C=O) groups excluding carboxylic acids is 1. The molecule has 0 fully saturated rings. The lowest BCUT2D eigenvalue weighted by Gasteiger charge is -2.09. The summed E-state index contributed by atoms with van der Waals surface area (Å²) in [6.07, 6.45) is 2.00. The van der Waals surface area contributed by atoms with Crippen LogP contribution in [0.1, 0.15) is 5.56 Å². The molecule has 1 aliphatic rings. The van der Waals surface area contributed by atoms with E-state index in [0.29, 0.717) is 16.9 Å². The molecule has 2 heterocycles. The second-order valence-corrected chi connectivity index (χ2v) is 7.11. The molecular formula is C16H13N3O3S. The number of fused-ring (bicyclic) bond motifs is 2. The van der Waals surface area contributed by atoms with Gasteiger partial charge in [-0.1, -0.05) is 6.07 Å². The predicted molar refractivity (Wildman–Crippen MR) is 87.9 cm³/mol. The number of carbonyl (C=O) groups is 1. The normalized spacial score (nSPS) is 13.8. The van der Waals surface area contributed by atoms with Crippen molar-refractivity contribution in [2.45, 2.75) is 11.3 Å². The quantitative estimate of drug-likeness (QED) is 0.690. The summed E-state index contributed by atoms with van der Waals surface area (Å²) in [5.74, 6) is -0.125. The number of aromatic nitrogens is 1. The Labute approximate surface area is 132 Å². The average Bonchev–Trinajstić information content (AvgIpc) is 3.10. The second kappa shape index (κ2) is 4.85. The third-order valence-electron chi connectivity index (χ3n) is 3.82. The van der Waals surface area contributed by atoms with Gasteiger partial charge in [0.25, 0.3) is 10.0 Å². The molecule has 1 amide bonds. The van der Waals surface area contributed by atoms with Gasteiger partial charge in [0.05, 0.1) is 17.0 Å². The minimum atomic E-state index is -3.71. The topological polar surface area (TPSA) is 91.1 Å². The van der Waals surface area contributed by atoms with Crippen LogP contribution in [0.3, 0.4) is 0 Å². The zero-order valence-corrected chi connectivity index (χ0v) is 12.8. The van der Waals surface area contributed by atoms with Gasteiger partial charge in [0.15, 0.2) is 0 Å². The number of anilines is 2. The molecular weight excluding hydrogens is 314 g/mol. The number of hydrogen-bond acceptors (Lipinski definition) is 3. The Morgan fingerprint density at radius 2 is 1.91 bits per heavy atom. The molecule has 1 aliphatic heterocycles. The van der Waals surface area contributed by atoms with Crippen LogP contribution in [0.15, 0.2) is 53.6 Å². The first-order valence-electron chi connectivity index (χ1n) is 7.04. The molecule has 7 heteroatoms. The minimum Gasteiger partial charge on any atom is -0.361 e. The molecule has 3 aromatic rings. The Bertz CT molecular complexity index is 1040. The van der Waals surface area contributed by atoms with Crippen molar-refractivity contribution in [3.8, 4) is 0 Å². The van der Waals surface area contributed by atoms with Gasteiger partial charge in [-0.15, -0.1) is 0 Å². The number of H-pyrrole nitrogens is 1. The Balaban J connectivity index is 1.67. The number of amides is 1. The van der Waals surface area contributed by atoms with E-state index in [1.54, 1.807) is 24.4 Å². The van der Waals surface area contributed by atoms with Gasteiger partial charge < -0.3 is 10.3 Å². The summed E-state index contributed by atoms with van der Waals surface area (Å²) in [5.41, 5.74) is 2.70. The van der Waals surface area contributed by atoms with E-state index in [4.69, 9.17) is 0 Å². The third kappa shape index (κ3) is 2.44. The van der Waals surface area contributed by atoms with Crippen molar-refractivity contribution in [2.24, 2.45) is 0 Å². The van der Waals surface area contributed by atoms with E-state index in [-0.39, 0.29) is 17.2 Å². The Kier molecular flexibility index (Phi) is 2.92. The molecule has 0 spiro atoms. The standard InChI is InChI=1S/C16H13N3O3S/c20-16-8-11-7-13(3-4-14(11)18-16)23(21,22)19-12-2-1-10-5-6-17-15(10)9-12/h1-7,9,17,19H,8H2,(H,18,20). The fourth-order valence-corrected chi connectivity index (χ4v) is 3.80. The Morgan fingerprint density at radius 1 is 1.04 bits per heavy atom. The highest BCUT2D eigenvalue weighted by molar-refractivity contribution is 7.92. The second-order valence-electron chi connectivity index (χ2n) is 5.43. The SMILES string of the molecule is O=C1Cc2cc(S(=O)(=O)Nc3ccc4cc[nH]c4c3)ccc2N1. The maximum Gasteiger partial charge on any atom is 0.261 e. The van der Waals surface area contributed by atoms with E-state index in [0.717, 1.165) is 10.9 Å². The van der Waals surface area contributed by atoms with Crippen molar-refractivity contribution >= 4 is 38.2 Å². The number of aromatic amines is 1. The van der Waals surface area contributed by atoms with Gasteiger partial charge >= 0.3 is 0 Å². The van der Waals surface area contributed by atoms with Crippen LogP contribution in [0, 0.1) is 0 Å². The highest BCUT2D eigenvalue weighted by atomic mass is 32.2. The molecule has 4 rings (SSSR count). The first-order valence-corrected chi connectivity index (χ1v) is 8.52. The number of sulfonamides is 1. The summed E-state index contributed by atoms with van der Waals surface area (Å²) in [4.78, 5) is 14.6. The van der Waals surface area contributed by atoms with Crippen LogP contribution in [0.2, 0.25) is 0 Å². The van der Waals surface area contributed by atoms with E-state index in [1.807, 2.05) is 12.1 Å². The van der Waals surface area contributed by atoms with Gasteiger partial charge in [0.2, 0.25) is 5.91 Å². The zero-order chi connectivity index (χ0) is 16.0. The van der Waals surface area contributed by atoms with Gasteiger partial charge in [-0.05, 0) is 47.3 Å². The summed E-state index contributed by atoms with van der Waals surface area (Å²) in [6, 6.07) is 11.8. The number of rotatable bonds is 3. The highest BCUT2D eigenvalue weighted by Gasteiger charge is 2.22. The van der Waals surface area contributed by atoms with Gasteiger partial charge in [-0.2, -0.15) is 0 Å². The van der Waals surface area contributed by atoms with Gasteiger partial charge in [-0.25, -0.2) is 8.42 Å². The molecule has 2 aromatic carbocycles. The van der Waals surface area contributed by atoms with Crippen molar-refractivity contribution in [1.29, 1.82) is 0 Å². The lowest BCUT2D eigenvalue weighted by atomic mass is 10.2. The van der Waals surface area contributed by atoms with Crippen LogP contribution >= 0.6 is 0 Å². The monoisotopic (exact) mass is 327 g/mol. The van der Waals surface area contributed by atoms with Crippen LogP contribution in [0.5, 0.6) is 0 Å². The van der Waals surface area contributed by atoms with Gasteiger partial charge in [0.1, 0.15) is 0 Å². The molecule has 1 aromatic heterocycles. The first kappa shape index (κ1) is 13.8. The Morgan fingerprint density at radius 3 is 2.78 bits per heavy atom. The molecule has 0 saturated carbocycles. The lowest BCUT2D eigenvalue weighted by Crippen LogP contribution is -2.13. The highest BCUT2D eigenvalue weighted by Crippen LogP contribution is 2.27. The van der Waals surface area contributed by atoms with E-state index in [9.17, 15) is 13.2 Å². The minimum absolute atomic E-state index is 0.125. The van der Waals surface area contributed by atoms with E-state index < -0.39 is 10.0 Å². The first-order chi connectivity index (χ1) is 11.0. The fraction of sp³-hybridized carbons (Fsp3) is 0.0625. The van der Waals surface area contributed by atoms with Crippen LogP contribution in [0.25, 0.3) is 10.9 Å². The molecule has 6 nitrogen and oxygen atoms in total. The molecule has 3 N–H and O–H groups in total. The molecule has 0 bridgehead atoms. The molecule has 0 aliphatic carbocycles. The van der Waals surface area contributed by atoms with Crippen LogP contribution < -0.4 is 10.0 Å². The third-order valence-corrected chi connectivity index (χ3v) is 5.20. The number of nitrogens with one attached hydrogen (secondary N) is 3. The zero-order valence-electron chi connectivity index (χ0n) is 12.0. The lowest BCUT2D eigenvalue weighted by molar-refractivity contribution is -0.115. The molecule has 0 atom stereocenters. The van der Waals surface area contributed by atoms with Crippen molar-refractivity contribution in [3.63, 3.8) is 0 Å². The van der Waals surface area contributed by atoms with Crippen molar-refractivity contribution in [3.05, 3.63) is 54.2 Å². The molecule has 0 unspecified atom stereocenters. The maximum absolute atomic E-state index is 12.5. The fourth-order valence-electron chi connectivity index (χ4n) is 2.70. The summed E-state index contributed by atoms with van der Waals surface area (Å²) in [7, 11) is -3.71. The van der Waals surface area contributed by atoms with E-state index >= 15 is 0 Å². The van der Waals surface area contributed by atoms with Crippen molar-refractivity contribution in [2.75, 3.05) is 10.0 Å². The smallest absolute Gasteiger partial charge is 0.261 e. The average molecular weight is 327 g/mol. The van der Waals surface area contributed by atoms with Gasteiger partial charge in [0, 0.05) is 17.4 Å². The number of hydrogen-bond donors (Lipinski definition) is 3. The van der Waals surface area contributed by atoms with Crippen molar-refractivity contribution < 1.29 is 13.2 Å². The van der Waals surface area contributed by atoms with Crippen molar-refractivity contribution in [1.82, 2.24) is 4.98 Å². The largest absolute Gasteiger partial charge is 0.361 e.